The van der Waals surface area contributed by atoms with Gasteiger partial charge in [-0.3, -0.25) is 19.6 Å². The van der Waals surface area contributed by atoms with Crippen LogP contribution in [0.4, 0.5) is 24.7 Å². The minimum atomic E-state index is -4.49. The lowest BCUT2D eigenvalue weighted by Crippen LogP contribution is -2.08. The van der Waals surface area contributed by atoms with E-state index in [9.17, 15) is 22.8 Å². The molecule has 0 unspecified atom stereocenters. The van der Waals surface area contributed by atoms with Gasteiger partial charge in [-0.05, 0) is 66.9 Å². The second-order valence-corrected chi connectivity index (χ2v) is 8.05. The third-order valence-electron chi connectivity index (χ3n) is 5.10. The molecule has 4 aromatic rings. The van der Waals surface area contributed by atoms with E-state index < -0.39 is 11.9 Å². The van der Waals surface area contributed by atoms with Gasteiger partial charge < -0.3 is 10.6 Å². The number of rotatable bonds is 5. The highest BCUT2D eigenvalue weighted by molar-refractivity contribution is 5.88. The van der Waals surface area contributed by atoms with Crippen molar-refractivity contribution in [3.63, 3.8) is 0 Å². The molecule has 0 aliphatic rings. The van der Waals surface area contributed by atoms with Crippen LogP contribution in [0.5, 0.6) is 0 Å². The number of amides is 2. The van der Waals surface area contributed by atoms with Crippen LogP contribution in [-0.4, -0.2) is 27.3 Å². The smallest absolute Gasteiger partial charge is 0.329 e. The van der Waals surface area contributed by atoms with Crippen molar-refractivity contribution in [2.45, 2.75) is 26.9 Å². The lowest BCUT2D eigenvalue weighted by Gasteiger charge is -2.10. The molecule has 3 heterocycles. The van der Waals surface area contributed by atoms with Crippen molar-refractivity contribution in [1.29, 1.82) is 0 Å². The number of hydrogen-bond acceptors (Lipinski definition) is 5. The van der Waals surface area contributed by atoms with Crippen molar-refractivity contribution in [3.05, 3.63) is 90.0 Å². The van der Waals surface area contributed by atoms with Crippen LogP contribution >= 0.6 is 0 Å². The van der Waals surface area contributed by atoms with E-state index in [0.717, 1.165) is 29.1 Å². The van der Waals surface area contributed by atoms with Crippen molar-refractivity contribution in [3.8, 4) is 22.4 Å². The standard InChI is InChI=1S/C20H19N3O.C7H5F3N2O/c1-13-4-5-14(2)18(10-13)16-6-8-21-19(11-16)17-7-9-22-20(12-17)23-15(3)24;8-7(9,10)6-3-5(12-4-13)1-2-11-6/h4-12H,1-3H3,(H,22,23,24);1-4H,(H,11,12,13). The number of alkyl halides is 3. The van der Waals surface area contributed by atoms with Gasteiger partial charge in [0.15, 0.2) is 0 Å². The summed E-state index contributed by atoms with van der Waals surface area (Å²) in [7, 11) is 0. The molecule has 0 aliphatic carbocycles. The van der Waals surface area contributed by atoms with Crippen LogP contribution in [0.3, 0.4) is 0 Å². The van der Waals surface area contributed by atoms with Crippen molar-refractivity contribution in [1.82, 2.24) is 15.0 Å². The average Bonchev–Trinajstić information content (AvgIpc) is 2.86. The Kier molecular flexibility index (Phi) is 8.68. The maximum atomic E-state index is 12.0. The number of aromatic nitrogens is 3. The molecule has 37 heavy (non-hydrogen) atoms. The zero-order valence-electron chi connectivity index (χ0n) is 20.3. The molecule has 0 spiro atoms. The lowest BCUT2D eigenvalue weighted by molar-refractivity contribution is -0.141. The Morgan fingerprint density at radius 2 is 1.57 bits per heavy atom. The van der Waals surface area contributed by atoms with Crippen molar-refractivity contribution in [2.75, 3.05) is 10.6 Å². The van der Waals surface area contributed by atoms with Gasteiger partial charge in [0.25, 0.3) is 0 Å². The highest BCUT2D eigenvalue weighted by Crippen LogP contribution is 2.29. The Balaban J connectivity index is 0.000000248. The van der Waals surface area contributed by atoms with Crippen LogP contribution in [0, 0.1) is 13.8 Å². The minimum Gasteiger partial charge on any atom is -0.329 e. The highest BCUT2D eigenvalue weighted by Gasteiger charge is 2.32. The Hall–Kier alpha value is -4.60. The van der Waals surface area contributed by atoms with Gasteiger partial charge in [0.1, 0.15) is 11.5 Å². The number of nitrogens with one attached hydrogen (secondary N) is 2. The number of carbonyl (C=O) groups is 2. The molecule has 7 nitrogen and oxygen atoms in total. The first-order chi connectivity index (χ1) is 17.6. The van der Waals surface area contributed by atoms with E-state index in [-0.39, 0.29) is 11.6 Å². The van der Waals surface area contributed by atoms with E-state index in [2.05, 4.69) is 63.7 Å². The molecular weight excluding hydrogens is 483 g/mol. The van der Waals surface area contributed by atoms with Gasteiger partial charge in [-0.25, -0.2) is 4.98 Å². The zero-order chi connectivity index (χ0) is 27.0. The van der Waals surface area contributed by atoms with Gasteiger partial charge in [0.05, 0.1) is 5.69 Å². The normalized spacial score (nSPS) is 10.6. The number of aryl methyl sites for hydroxylation is 2. The maximum absolute atomic E-state index is 12.0. The third kappa shape index (κ3) is 7.69. The topological polar surface area (TPSA) is 96.9 Å². The summed E-state index contributed by atoms with van der Waals surface area (Å²) < 4.78 is 36.1. The number of benzene rings is 1. The van der Waals surface area contributed by atoms with Gasteiger partial charge in [0, 0.05) is 36.8 Å². The molecular formula is C27H24F3N5O2. The Labute approximate surface area is 211 Å². The quantitative estimate of drug-likeness (QED) is 0.320. The Bertz CT molecular complexity index is 1410. The van der Waals surface area contributed by atoms with E-state index in [1.807, 2.05) is 24.4 Å². The SMILES string of the molecule is CC(=O)Nc1cc(-c2cc(-c3cc(C)ccc3C)ccn2)ccn1.O=CNc1ccnc(C(F)(F)F)c1. The van der Waals surface area contributed by atoms with Crippen LogP contribution in [0.25, 0.3) is 22.4 Å². The second kappa shape index (κ2) is 11.9. The largest absolute Gasteiger partial charge is 0.433 e. The molecule has 190 valence electrons. The van der Waals surface area contributed by atoms with Crippen LogP contribution in [0.2, 0.25) is 0 Å². The molecule has 2 amide bonds. The molecule has 0 saturated heterocycles. The summed E-state index contributed by atoms with van der Waals surface area (Å²) in [5, 5.41) is 4.80. The zero-order valence-corrected chi connectivity index (χ0v) is 20.3. The molecule has 2 N–H and O–H groups in total. The second-order valence-electron chi connectivity index (χ2n) is 8.05. The fourth-order valence-corrected chi connectivity index (χ4v) is 3.38. The highest BCUT2D eigenvalue weighted by atomic mass is 19.4. The van der Waals surface area contributed by atoms with Gasteiger partial charge >= 0.3 is 6.18 Å². The number of anilines is 2. The fraction of sp³-hybridized carbons (Fsp3) is 0.148. The van der Waals surface area contributed by atoms with Gasteiger partial charge in [-0.15, -0.1) is 0 Å². The average molecular weight is 508 g/mol. The van der Waals surface area contributed by atoms with E-state index in [4.69, 9.17) is 0 Å². The molecule has 0 fully saturated rings. The Morgan fingerprint density at radius 1 is 0.865 bits per heavy atom. The van der Waals surface area contributed by atoms with Gasteiger partial charge in [-0.1, -0.05) is 23.8 Å². The van der Waals surface area contributed by atoms with Gasteiger partial charge in [-0.2, -0.15) is 13.2 Å². The number of hydrogen-bond donors (Lipinski definition) is 2. The molecule has 10 heteroatoms. The number of halogens is 3. The summed E-state index contributed by atoms with van der Waals surface area (Å²) in [5.74, 6) is 0.385. The lowest BCUT2D eigenvalue weighted by atomic mass is 9.98. The van der Waals surface area contributed by atoms with E-state index in [1.54, 1.807) is 6.20 Å². The molecule has 1 aromatic carbocycles. The van der Waals surface area contributed by atoms with Crippen LogP contribution < -0.4 is 10.6 Å². The first kappa shape index (κ1) is 27.0. The predicted molar refractivity (Wildman–Crippen MR) is 136 cm³/mol. The third-order valence-corrected chi connectivity index (χ3v) is 5.10. The molecule has 3 aromatic heterocycles. The fourth-order valence-electron chi connectivity index (χ4n) is 3.38. The number of pyridine rings is 3. The molecule has 0 saturated carbocycles. The summed E-state index contributed by atoms with van der Waals surface area (Å²) in [4.78, 5) is 32.9. The van der Waals surface area contributed by atoms with Crippen molar-refractivity contribution in [2.24, 2.45) is 0 Å². The molecule has 0 radical (unpaired) electrons. The first-order valence-corrected chi connectivity index (χ1v) is 11.1. The van der Waals surface area contributed by atoms with Crippen LogP contribution in [0.1, 0.15) is 23.7 Å². The molecule has 4 rings (SSSR count). The van der Waals surface area contributed by atoms with E-state index in [0.29, 0.717) is 12.2 Å². The van der Waals surface area contributed by atoms with E-state index in [1.165, 1.54) is 29.7 Å². The maximum Gasteiger partial charge on any atom is 0.433 e. The summed E-state index contributed by atoms with van der Waals surface area (Å²) >= 11 is 0. The summed E-state index contributed by atoms with van der Waals surface area (Å²) in [6.45, 7) is 5.66. The number of carbonyl (C=O) groups excluding carboxylic acids is 2. The molecule has 0 bridgehead atoms. The Morgan fingerprint density at radius 3 is 2.27 bits per heavy atom. The first-order valence-electron chi connectivity index (χ1n) is 11.1. The molecule has 0 aliphatic heterocycles. The van der Waals surface area contributed by atoms with Crippen molar-refractivity contribution < 1.29 is 22.8 Å². The van der Waals surface area contributed by atoms with E-state index >= 15 is 0 Å². The summed E-state index contributed by atoms with van der Waals surface area (Å²) in [6.07, 6.45) is 0.280. The monoisotopic (exact) mass is 507 g/mol. The van der Waals surface area contributed by atoms with Crippen LogP contribution in [-0.2, 0) is 15.8 Å². The number of nitrogens with zero attached hydrogens (tertiary/aromatic N) is 3. The summed E-state index contributed by atoms with van der Waals surface area (Å²) in [5.41, 5.74) is 5.59. The van der Waals surface area contributed by atoms with Gasteiger partial charge in [0.2, 0.25) is 12.3 Å². The van der Waals surface area contributed by atoms with Crippen LogP contribution in [0.15, 0.2) is 73.2 Å². The minimum absolute atomic E-state index is 0.0670. The van der Waals surface area contributed by atoms with Crippen molar-refractivity contribution >= 4 is 23.8 Å². The summed E-state index contributed by atoms with van der Waals surface area (Å²) in [6, 6.07) is 16.3. The predicted octanol–water partition coefficient (Wildman–Crippen LogP) is 6.05. The molecule has 0 atom stereocenters.